The van der Waals surface area contributed by atoms with Gasteiger partial charge in [-0.25, -0.2) is 19.4 Å². The summed E-state index contributed by atoms with van der Waals surface area (Å²) in [6.45, 7) is 2.16. The van der Waals surface area contributed by atoms with Crippen LogP contribution in [0.15, 0.2) is 60.8 Å². The highest BCUT2D eigenvalue weighted by Crippen LogP contribution is 2.42. The lowest BCUT2D eigenvalue weighted by Gasteiger charge is -2.30. The number of aromatic nitrogens is 3. The van der Waals surface area contributed by atoms with Crippen molar-refractivity contribution < 1.29 is 14.6 Å². The van der Waals surface area contributed by atoms with Gasteiger partial charge in [0.1, 0.15) is 17.2 Å². The van der Waals surface area contributed by atoms with Gasteiger partial charge in [0, 0.05) is 18.4 Å². The number of fused-ring (bicyclic) bond motifs is 6. The summed E-state index contributed by atoms with van der Waals surface area (Å²) < 4.78 is 13.6. The molecule has 0 aliphatic carbocycles. The smallest absolute Gasteiger partial charge is 0.229 e. The average molecular weight is 434 g/mol. The van der Waals surface area contributed by atoms with E-state index in [-0.39, 0.29) is 11.8 Å². The Morgan fingerprint density at radius 2 is 2.00 bits per heavy atom. The fraction of sp³-hybridized carbons (Fsp3) is 0.261. The molecule has 2 aliphatic rings. The molecule has 3 aromatic rings. The van der Waals surface area contributed by atoms with Gasteiger partial charge in [-0.2, -0.15) is 9.99 Å². The van der Waals surface area contributed by atoms with E-state index in [9.17, 15) is 14.6 Å². The molecule has 3 N–H and O–H groups in total. The number of nitrogens with zero attached hydrogens (tertiary/aromatic N) is 5. The van der Waals surface area contributed by atoms with Gasteiger partial charge in [-0.1, -0.05) is 24.3 Å². The maximum absolute atomic E-state index is 13.6. The van der Waals surface area contributed by atoms with Crippen molar-refractivity contribution in [3.05, 3.63) is 77.9 Å². The Morgan fingerprint density at radius 3 is 2.84 bits per heavy atom. The second-order valence-electron chi connectivity index (χ2n) is 8.08. The fourth-order valence-corrected chi connectivity index (χ4v) is 3.94. The van der Waals surface area contributed by atoms with Crippen LogP contribution in [0, 0.1) is 5.82 Å². The Kier molecular flexibility index (Phi) is 5.09. The highest BCUT2D eigenvalue weighted by molar-refractivity contribution is 5.65. The number of allylic oxidation sites excluding steroid dienone is 1. The summed E-state index contributed by atoms with van der Waals surface area (Å²) in [5.41, 5.74) is 0.489. The Balaban J connectivity index is 1.59. The van der Waals surface area contributed by atoms with Gasteiger partial charge >= 0.3 is 0 Å². The minimum atomic E-state index is -1.09. The van der Waals surface area contributed by atoms with Gasteiger partial charge in [-0.05, 0) is 50.1 Å². The lowest BCUT2D eigenvalue weighted by molar-refractivity contribution is 0.0244. The molecule has 9 heteroatoms. The molecule has 2 aliphatic heterocycles. The van der Waals surface area contributed by atoms with Crippen LogP contribution in [0.4, 0.5) is 27.7 Å². The summed E-state index contributed by atoms with van der Waals surface area (Å²) in [6.07, 6.45) is 5.73. The first-order valence-corrected chi connectivity index (χ1v) is 10.4. The van der Waals surface area contributed by atoms with E-state index in [1.165, 1.54) is 12.1 Å². The predicted octanol–water partition coefficient (Wildman–Crippen LogP) is 3.67. The molecule has 4 heterocycles. The summed E-state index contributed by atoms with van der Waals surface area (Å²) in [4.78, 5) is 13.6. The fourth-order valence-electron chi connectivity index (χ4n) is 3.94. The third kappa shape index (κ3) is 3.70. The highest BCUT2D eigenvalue weighted by Gasteiger charge is 2.39. The van der Waals surface area contributed by atoms with E-state index in [1.54, 1.807) is 47.4 Å². The molecule has 5 rings (SSSR count). The summed E-state index contributed by atoms with van der Waals surface area (Å²) in [5, 5.41) is 28.4. The van der Waals surface area contributed by atoms with Crippen LogP contribution in [0.3, 0.4) is 0 Å². The van der Waals surface area contributed by atoms with E-state index in [4.69, 9.17) is 4.98 Å². The summed E-state index contributed by atoms with van der Waals surface area (Å²) in [6, 6.07) is 11.4. The molecule has 2 aromatic heterocycles. The van der Waals surface area contributed by atoms with Gasteiger partial charge in [0.15, 0.2) is 12.0 Å². The number of benzene rings is 1. The number of aliphatic hydroxyl groups is 2. The molecule has 2 bridgehead atoms. The molecular weight excluding hydrogens is 411 g/mol. The molecule has 0 saturated carbocycles. The number of hydrogen-bond donors (Lipinski definition) is 3. The summed E-state index contributed by atoms with van der Waals surface area (Å²) >= 11 is 0. The largest absolute Gasteiger partial charge is 0.384 e. The van der Waals surface area contributed by atoms with E-state index in [1.807, 2.05) is 18.2 Å². The van der Waals surface area contributed by atoms with E-state index in [2.05, 4.69) is 15.3 Å². The van der Waals surface area contributed by atoms with E-state index >= 15 is 0 Å². The predicted molar refractivity (Wildman–Crippen MR) is 118 cm³/mol. The Bertz CT molecular complexity index is 1180. The van der Waals surface area contributed by atoms with Gasteiger partial charge in [0.05, 0.1) is 11.3 Å². The van der Waals surface area contributed by atoms with Gasteiger partial charge in [0.25, 0.3) is 0 Å². The minimum absolute atomic E-state index is 0.261. The van der Waals surface area contributed by atoms with Gasteiger partial charge < -0.3 is 15.5 Å². The van der Waals surface area contributed by atoms with Gasteiger partial charge in [-0.15, -0.1) is 0 Å². The Morgan fingerprint density at radius 1 is 1.16 bits per heavy atom. The van der Waals surface area contributed by atoms with E-state index < -0.39 is 11.8 Å². The van der Waals surface area contributed by atoms with Gasteiger partial charge in [0.2, 0.25) is 5.95 Å². The molecule has 0 radical (unpaired) electrons. The number of anilines is 4. The van der Waals surface area contributed by atoms with Crippen molar-refractivity contribution in [3.8, 4) is 0 Å². The maximum Gasteiger partial charge on any atom is 0.229 e. The van der Waals surface area contributed by atoms with Crippen LogP contribution < -0.4 is 10.3 Å². The number of aliphatic hydroxyl groups excluding tert-OH is 1. The number of halogens is 1. The lowest BCUT2D eigenvalue weighted by Crippen LogP contribution is -2.37. The average Bonchev–Trinajstić information content (AvgIpc) is 3.03. The second-order valence-corrected chi connectivity index (χ2v) is 8.08. The number of nitrogens with one attached hydrogen (secondary N) is 1. The van der Waals surface area contributed by atoms with Crippen molar-refractivity contribution >= 4 is 23.3 Å². The molecule has 0 saturated heterocycles. The zero-order valence-electron chi connectivity index (χ0n) is 17.5. The topological polar surface area (TPSA) is 97.6 Å². The van der Waals surface area contributed by atoms with Gasteiger partial charge in [-0.3, -0.25) is 0 Å². The monoisotopic (exact) mass is 434 g/mol. The molecular formula is C23H23FN6O2. The van der Waals surface area contributed by atoms with Crippen LogP contribution >= 0.6 is 0 Å². The zero-order valence-corrected chi connectivity index (χ0v) is 17.5. The molecule has 2 atom stereocenters. The standard InChI is InChI=1S/C23H23FN6O2/c1-23(32)11-3-2-4-12-29-21(31)17-14-25-22(26-16-8-5-7-15(24)13-16)28-20(17)30(29)19-10-6-9-18(23)27-19/h2,4-10,13-14,21,31-32H,3,11-12H2,1H3,(H,25,26,28)/b4-2-/t21?,23-/m0/s1. The van der Waals surface area contributed by atoms with Crippen molar-refractivity contribution in [2.75, 3.05) is 16.9 Å². The first kappa shape index (κ1) is 20.5. The molecule has 0 amide bonds. The molecule has 0 spiro atoms. The number of hydrogen-bond acceptors (Lipinski definition) is 8. The molecule has 164 valence electrons. The molecule has 32 heavy (non-hydrogen) atoms. The van der Waals surface area contributed by atoms with Crippen LogP contribution in [0.25, 0.3) is 0 Å². The van der Waals surface area contributed by atoms with Crippen molar-refractivity contribution in [1.29, 1.82) is 0 Å². The van der Waals surface area contributed by atoms with Crippen molar-refractivity contribution in [1.82, 2.24) is 20.0 Å². The SMILES string of the molecule is C[C@]1(O)CC/C=C\CN2C(O)c3cnc(Nc4cccc(F)c4)nc3N2c2cccc1n2. The van der Waals surface area contributed by atoms with Crippen LogP contribution in [0.2, 0.25) is 0 Å². The maximum atomic E-state index is 13.6. The summed E-state index contributed by atoms with van der Waals surface area (Å²) in [7, 11) is 0. The molecule has 0 fully saturated rings. The number of rotatable bonds is 2. The highest BCUT2D eigenvalue weighted by atomic mass is 19.1. The first-order valence-electron chi connectivity index (χ1n) is 10.4. The van der Waals surface area contributed by atoms with E-state index in [0.717, 1.165) is 0 Å². The Hall–Kier alpha value is -3.40. The van der Waals surface area contributed by atoms with E-state index in [0.29, 0.717) is 48.0 Å². The third-order valence-corrected chi connectivity index (χ3v) is 5.65. The van der Waals surface area contributed by atoms with Crippen molar-refractivity contribution in [2.45, 2.75) is 31.6 Å². The quantitative estimate of drug-likeness (QED) is 0.526. The molecule has 1 unspecified atom stereocenters. The van der Waals surface area contributed by atoms with Crippen molar-refractivity contribution in [3.63, 3.8) is 0 Å². The van der Waals surface area contributed by atoms with Crippen LogP contribution in [-0.2, 0) is 5.60 Å². The first-order chi connectivity index (χ1) is 15.4. The molecule has 8 nitrogen and oxygen atoms in total. The normalized spacial score (nSPS) is 23.8. The van der Waals surface area contributed by atoms with Crippen LogP contribution in [0.1, 0.15) is 37.3 Å². The molecule has 1 aromatic carbocycles. The van der Waals surface area contributed by atoms with Crippen molar-refractivity contribution in [2.24, 2.45) is 0 Å². The minimum Gasteiger partial charge on any atom is -0.384 e. The Labute approximate surface area is 184 Å². The number of hydrazine groups is 1. The van der Waals surface area contributed by atoms with Crippen LogP contribution in [-0.4, -0.2) is 36.7 Å². The second kappa shape index (κ2) is 7.94. The third-order valence-electron chi connectivity index (χ3n) is 5.65. The van der Waals surface area contributed by atoms with Crippen LogP contribution in [0.5, 0.6) is 0 Å². The number of pyridine rings is 1. The summed E-state index contributed by atoms with van der Waals surface area (Å²) in [5.74, 6) is 0.871. The zero-order chi connectivity index (χ0) is 22.3. The lowest BCUT2D eigenvalue weighted by atomic mass is 9.95.